The number of nitrogens with one attached hydrogen (secondary N) is 1. The highest BCUT2D eigenvalue weighted by atomic mass is 35.5. The molecule has 2 aromatic rings. The number of aromatic hydroxyl groups is 1. The molecule has 19 heavy (non-hydrogen) atoms. The highest BCUT2D eigenvalue weighted by molar-refractivity contribution is 6.33. The molecule has 0 aliphatic heterocycles. The van der Waals surface area contributed by atoms with Gasteiger partial charge in [-0.2, -0.15) is 0 Å². The van der Waals surface area contributed by atoms with Crippen molar-refractivity contribution >= 4 is 40.5 Å². The predicted octanol–water partition coefficient (Wildman–Crippen LogP) is 3.53. The van der Waals surface area contributed by atoms with E-state index in [4.69, 9.17) is 28.9 Å². The summed E-state index contributed by atoms with van der Waals surface area (Å²) in [5.74, 6) is -0.635. The minimum atomic E-state index is -0.485. The molecule has 0 spiro atoms. The van der Waals surface area contributed by atoms with Crippen molar-refractivity contribution in [3.05, 3.63) is 52.0 Å². The maximum absolute atomic E-state index is 12.0. The Hall–Kier alpha value is -1.91. The number of benzene rings is 2. The average Bonchev–Trinajstić information content (AvgIpc) is 2.36. The third-order valence-electron chi connectivity index (χ3n) is 2.46. The molecule has 0 aliphatic carbocycles. The molecule has 0 fully saturated rings. The molecule has 0 heterocycles. The van der Waals surface area contributed by atoms with Crippen molar-refractivity contribution in [3.63, 3.8) is 0 Å². The van der Waals surface area contributed by atoms with Crippen molar-refractivity contribution in [1.29, 1.82) is 0 Å². The molecular weight excluding hydrogens is 287 g/mol. The lowest BCUT2D eigenvalue weighted by Crippen LogP contribution is -2.12. The van der Waals surface area contributed by atoms with E-state index in [2.05, 4.69) is 5.32 Å². The summed E-state index contributed by atoms with van der Waals surface area (Å²) in [4.78, 5) is 12.0. The van der Waals surface area contributed by atoms with Crippen molar-refractivity contribution in [2.75, 3.05) is 11.1 Å². The number of halogens is 2. The molecule has 0 saturated carbocycles. The Morgan fingerprint density at radius 1 is 1.16 bits per heavy atom. The van der Waals surface area contributed by atoms with Gasteiger partial charge in [0.2, 0.25) is 0 Å². The number of hydrogen-bond acceptors (Lipinski definition) is 3. The summed E-state index contributed by atoms with van der Waals surface area (Å²) < 4.78 is 0. The van der Waals surface area contributed by atoms with E-state index in [9.17, 15) is 9.90 Å². The first kappa shape index (κ1) is 13.5. The number of carbonyl (C=O) groups excluding carboxylic acids is 1. The van der Waals surface area contributed by atoms with Crippen LogP contribution < -0.4 is 11.1 Å². The van der Waals surface area contributed by atoms with Crippen molar-refractivity contribution < 1.29 is 9.90 Å². The molecule has 0 aromatic heterocycles. The fraction of sp³-hybridized carbons (Fsp3) is 0. The maximum atomic E-state index is 12.0. The van der Waals surface area contributed by atoms with Crippen LogP contribution in [0.15, 0.2) is 36.4 Å². The van der Waals surface area contributed by atoms with Crippen LogP contribution in [0.5, 0.6) is 5.75 Å². The minimum Gasteiger partial charge on any atom is -0.507 e. The van der Waals surface area contributed by atoms with Crippen molar-refractivity contribution in [3.8, 4) is 5.75 Å². The Morgan fingerprint density at radius 2 is 1.89 bits per heavy atom. The monoisotopic (exact) mass is 296 g/mol. The van der Waals surface area contributed by atoms with Gasteiger partial charge in [-0.05, 0) is 36.4 Å². The molecule has 0 bridgehead atoms. The van der Waals surface area contributed by atoms with Gasteiger partial charge in [0.1, 0.15) is 5.75 Å². The third-order valence-corrected chi connectivity index (χ3v) is 3.02. The van der Waals surface area contributed by atoms with Crippen LogP contribution in [0.1, 0.15) is 10.4 Å². The van der Waals surface area contributed by atoms with E-state index < -0.39 is 5.91 Å². The highest BCUT2D eigenvalue weighted by Gasteiger charge is 2.12. The van der Waals surface area contributed by atoms with Crippen molar-refractivity contribution in [1.82, 2.24) is 0 Å². The summed E-state index contributed by atoms with van der Waals surface area (Å²) in [6.45, 7) is 0. The Morgan fingerprint density at radius 3 is 2.58 bits per heavy atom. The molecule has 0 radical (unpaired) electrons. The molecular formula is C13H10Cl2N2O2. The molecule has 98 valence electrons. The normalized spacial score (nSPS) is 10.2. The molecule has 2 rings (SSSR count). The van der Waals surface area contributed by atoms with Gasteiger partial charge in [0, 0.05) is 10.7 Å². The second kappa shape index (κ2) is 5.38. The van der Waals surface area contributed by atoms with Gasteiger partial charge in [-0.1, -0.05) is 23.2 Å². The van der Waals surface area contributed by atoms with E-state index >= 15 is 0 Å². The summed E-state index contributed by atoms with van der Waals surface area (Å²) in [6, 6.07) is 8.94. The zero-order chi connectivity index (χ0) is 14.0. The highest BCUT2D eigenvalue weighted by Crippen LogP contribution is 2.25. The fourth-order valence-corrected chi connectivity index (χ4v) is 1.85. The first-order valence-electron chi connectivity index (χ1n) is 5.32. The number of phenolic OH excluding ortho intramolecular Hbond substituents is 1. The number of anilines is 2. The van der Waals surface area contributed by atoms with E-state index in [1.165, 1.54) is 24.3 Å². The van der Waals surface area contributed by atoms with Crippen LogP contribution in [0.25, 0.3) is 0 Å². The standard InChI is InChI=1S/C13H10Cl2N2O2/c14-7-1-4-12(18)9(5-7)13(19)17-8-2-3-11(16)10(15)6-8/h1-6,18H,16H2,(H,17,19). The van der Waals surface area contributed by atoms with Crippen molar-refractivity contribution in [2.45, 2.75) is 0 Å². The van der Waals surface area contributed by atoms with Gasteiger partial charge < -0.3 is 16.2 Å². The summed E-state index contributed by atoms with van der Waals surface area (Å²) in [5.41, 5.74) is 6.55. The summed E-state index contributed by atoms with van der Waals surface area (Å²) >= 11 is 11.6. The van der Waals surface area contributed by atoms with Gasteiger partial charge in [-0.3, -0.25) is 4.79 Å². The first-order valence-corrected chi connectivity index (χ1v) is 6.08. The Kier molecular flexibility index (Phi) is 3.83. The molecule has 4 nitrogen and oxygen atoms in total. The smallest absolute Gasteiger partial charge is 0.259 e. The summed E-state index contributed by atoms with van der Waals surface area (Å²) in [5, 5.41) is 12.9. The predicted molar refractivity (Wildman–Crippen MR) is 76.9 cm³/mol. The zero-order valence-electron chi connectivity index (χ0n) is 9.65. The minimum absolute atomic E-state index is 0.0837. The largest absolute Gasteiger partial charge is 0.507 e. The number of hydrogen-bond donors (Lipinski definition) is 3. The number of carbonyl (C=O) groups is 1. The van der Waals surface area contributed by atoms with Gasteiger partial charge in [-0.25, -0.2) is 0 Å². The molecule has 0 aliphatic rings. The van der Waals surface area contributed by atoms with Gasteiger partial charge in [0.25, 0.3) is 5.91 Å². The van der Waals surface area contributed by atoms with Gasteiger partial charge in [0.05, 0.1) is 16.3 Å². The van der Waals surface area contributed by atoms with E-state index in [1.807, 2.05) is 0 Å². The van der Waals surface area contributed by atoms with Crippen LogP contribution >= 0.6 is 23.2 Å². The Labute approximate surface area is 119 Å². The van der Waals surface area contributed by atoms with Crippen LogP contribution in [-0.4, -0.2) is 11.0 Å². The number of amides is 1. The second-order valence-corrected chi connectivity index (χ2v) is 4.70. The summed E-state index contributed by atoms with van der Waals surface area (Å²) in [6.07, 6.45) is 0. The molecule has 4 N–H and O–H groups in total. The average molecular weight is 297 g/mol. The van der Waals surface area contributed by atoms with Crippen LogP contribution in [-0.2, 0) is 0 Å². The van der Waals surface area contributed by atoms with E-state index in [1.54, 1.807) is 12.1 Å². The SMILES string of the molecule is Nc1ccc(NC(=O)c2cc(Cl)ccc2O)cc1Cl. The van der Waals surface area contributed by atoms with E-state index in [0.717, 1.165) is 0 Å². The number of nitrogen functional groups attached to an aromatic ring is 1. The van der Waals surface area contributed by atoms with E-state index in [0.29, 0.717) is 21.4 Å². The zero-order valence-corrected chi connectivity index (χ0v) is 11.2. The van der Waals surface area contributed by atoms with Crippen molar-refractivity contribution in [2.24, 2.45) is 0 Å². The van der Waals surface area contributed by atoms with Crippen LogP contribution in [0.4, 0.5) is 11.4 Å². The Balaban J connectivity index is 2.25. The molecule has 0 unspecified atom stereocenters. The summed E-state index contributed by atoms with van der Waals surface area (Å²) in [7, 11) is 0. The third kappa shape index (κ3) is 3.10. The molecule has 0 atom stereocenters. The van der Waals surface area contributed by atoms with Gasteiger partial charge >= 0.3 is 0 Å². The number of phenols is 1. The maximum Gasteiger partial charge on any atom is 0.259 e. The number of nitrogens with two attached hydrogens (primary N) is 1. The van der Waals surface area contributed by atoms with Crippen LogP contribution in [0.2, 0.25) is 10.0 Å². The first-order chi connectivity index (χ1) is 8.97. The van der Waals surface area contributed by atoms with Gasteiger partial charge in [-0.15, -0.1) is 0 Å². The lowest BCUT2D eigenvalue weighted by atomic mass is 10.2. The fourth-order valence-electron chi connectivity index (χ4n) is 1.49. The Bertz CT molecular complexity index is 645. The van der Waals surface area contributed by atoms with Gasteiger partial charge in [0.15, 0.2) is 0 Å². The lowest BCUT2D eigenvalue weighted by molar-refractivity contribution is 0.102. The second-order valence-electron chi connectivity index (χ2n) is 3.85. The lowest BCUT2D eigenvalue weighted by Gasteiger charge is -2.08. The molecule has 2 aromatic carbocycles. The van der Waals surface area contributed by atoms with Crippen LogP contribution in [0, 0.1) is 0 Å². The molecule has 1 amide bonds. The number of rotatable bonds is 2. The quantitative estimate of drug-likeness (QED) is 0.742. The molecule has 0 saturated heterocycles. The van der Waals surface area contributed by atoms with Crippen LogP contribution in [0.3, 0.4) is 0 Å². The molecule has 6 heteroatoms. The van der Waals surface area contributed by atoms with E-state index in [-0.39, 0.29) is 11.3 Å². The topological polar surface area (TPSA) is 75.3 Å².